The molecule has 0 radical (unpaired) electrons. The molecule has 0 atom stereocenters. The Kier molecular flexibility index (Phi) is 5.34. The SMILES string of the molecule is O=C(Nc1ccc(OC(=O)c2ccc(N3CCCC3)nc2)cc1)c1ccsc1. The van der Waals surface area contributed by atoms with Crippen LogP contribution in [0.5, 0.6) is 5.75 Å². The molecule has 0 spiro atoms. The molecule has 0 saturated carbocycles. The second kappa shape index (κ2) is 8.22. The van der Waals surface area contributed by atoms with Crippen LogP contribution < -0.4 is 15.0 Å². The molecule has 7 heteroatoms. The summed E-state index contributed by atoms with van der Waals surface area (Å²) in [6, 6.07) is 12.0. The number of pyridine rings is 1. The van der Waals surface area contributed by atoms with Gasteiger partial charge in [-0.2, -0.15) is 11.3 Å². The Morgan fingerprint density at radius 2 is 1.79 bits per heavy atom. The topological polar surface area (TPSA) is 71.5 Å². The molecule has 3 heterocycles. The van der Waals surface area contributed by atoms with Crippen molar-refractivity contribution in [2.45, 2.75) is 12.8 Å². The van der Waals surface area contributed by atoms with Gasteiger partial charge in [-0.15, -0.1) is 0 Å². The lowest BCUT2D eigenvalue weighted by Crippen LogP contribution is -2.19. The fourth-order valence-corrected chi connectivity index (χ4v) is 3.65. The highest BCUT2D eigenvalue weighted by molar-refractivity contribution is 7.08. The zero-order chi connectivity index (χ0) is 19.3. The van der Waals surface area contributed by atoms with E-state index in [2.05, 4.69) is 15.2 Å². The minimum absolute atomic E-state index is 0.171. The van der Waals surface area contributed by atoms with Crippen LogP contribution in [0.15, 0.2) is 59.4 Å². The molecule has 1 saturated heterocycles. The van der Waals surface area contributed by atoms with E-state index in [4.69, 9.17) is 4.74 Å². The number of thiophene rings is 1. The average molecular weight is 393 g/mol. The number of carbonyl (C=O) groups is 2. The lowest BCUT2D eigenvalue weighted by molar-refractivity contribution is 0.0734. The zero-order valence-corrected chi connectivity index (χ0v) is 15.9. The molecular weight excluding hydrogens is 374 g/mol. The number of benzene rings is 1. The number of hydrogen-bond donors (Lipinski definition) is 1. The molecule has 1 aliphatic rings. The second-order valence-corrected chi connectivity index (χ2v) is 7.26. The van der Waals surface area contributed by atoms with Crippen molar-refractivity contribution < 1.29 is 14.3 Å². The summed E-state index contributed by atoms with van der Waals surface area (Å²) < 4.78 is 5.39. The van der Waals surface area contributed by atoms with Gasteiger partial charge in [-0.25, -0.2) is 9.78 Å². The van der Waals surface area contributed by atoms with E-state index in [-0.39, 0.29) is 5.91 Å². The maximum Gasteiger partial charge on any atom is 0.345 e. The standard InChI is InChI=1S/C21H19N3O3S/c25-20(16-9-12-28-14-16)23-17-4-6-18(7-5-17)27-21(26)15-3-8-19(22-13-15)24-10-1-2-11-24/h3-9,12-14H,1-2,10-11H2,(H,23,25). The number of esters is 1. The van der Waals surface area contributed by atoms with Gasteiger partial charge in [-0.05, 0) is 60.7 Å². The Morgan fingerprint density at radius 1 is 1.00 bits per heavy atom. The van der Waals surface area contributed by atoms with Crippen molar-refractivity contribution in [2.24, 2.45) is 0 Å². The molecular formula is C21H19N3O3S. The summed E-state index contributed by atoms with van der Waals surface area (Å²) in [6.45, 7) is 2.01. The third-order valence-corrected chi connectivity index (χ3v) is 5.20. The molecule has 1 aromatic carbocycles. The number of rotatable bonds is 5. The van der Waals surface area contributed by atoms with E-state index in [1.807, 2.05) is 11.4 Å². The van der Waals surface area contributed by atoms with E-state index < -0.39 is 5.97 Å². The van der Waals surface area contributed by atoms with Gasteiger partial charge in [0.1, 0.15) is 11.6 Å². The van der Waals surface area contributed by atoms with Gasteiger partial charge < -0.3 is 15.0 Å². The lowest BCUT2D eigenvalue weighted by Gasteiger charge is -2.16. The highest BCUT2D eigenvalue weighted by Gasteiger charge is 2.15. The van der Waals surface area contributed by atoms with Crippen molar-refractivity contribution >= 4 is 34.7 Å². The van der Waals surface area contributed by atoms with Gasteiger partial charge in [0.15, 0.2) is 0 Å². The first-order valence-electron chi connectivity index (χ1n) is 9.06. The second-order valence-electron chi connectivity index (χ2n) is 6.48. The molecule has 1 fully saturated rings. The molecule has 0 bridgehead atoms. The maximum atomic E-state index is 12.3. The third kappa shape index (κ3) is 4.20. The normalized spacial score (nSPS) is 13.4. The Balaban J connectivity index is 1.35. The van der Waals surface area contributed by atoms with Gasteiger partial charge in [-0.3, -0.25) is 4.79 Å². The molecule has 28 heavy (non-hydrogen) atoms. The molecule has 0 unspecified atom stereocenters. The average Bonchev–Trinajstić information content (AvgIpc) is 3.44. The van der Waals surface area contributed by atoms with Crippen LogP contribution in [0.3, 0.4) is 0 Å². The van der Waals surface area contributed by atoms with Crippen molar-refractivity contribution in [3.05, 3.63) is 70.5 Å². The smallest absolute Gasteiger partial charge is 0.345 e. The van der Waals surface area contributed by atoms with Crippen molar-refractivity contribution in [1.82, 2.24) is 4.98 Å². The molecule has 1 aliphatic heterocycles. The fourth-order valence-electron chi connectivity index (χ4n) is 3.01. The monoisotopic (exact) mass is 393 g/mol. The van der Waals surface area contributed by atoms with Crippen LogP contribution in [-0.4, -0.2) is 29.9 Å². The predicted molar refractivity (Wildman–Crippen MR) is 109 cm³/mol. The number of anilines is 2. The molecule has 3 aromatic rings. The van der Waals surface area contributed by atoms with Crippen LogP contribution in [0, 0.1) is 0 Å². The zero-order valence-electron chi connectivity index (χ0n) is 15.1. The minimum Gasteiger partial charge on any atom is -0.423 e. The first-order chi connectivity index (χ1) is 13.7. The first-order valence-corrected chi connectivity index (χ1v) is 10.00. The summed E-state index contributed by atoms with van der Waals surface area (Å²) in [7, 11) is 0. The number of nitrogens with zero attached hydrogens (tertiary/aromatic N) is 2. The van der Waals surface area contributed by atoms with Gasteiger partial charge in [0.25, 0.3) is 5.91 Å². The number of aromatic nitrogens is 1. The molecule has 0 aliphatic carbocycles. The molecule has 2 aromatic heterocycles. The summed E-state index contributed by atoms with van der Waals surface area (Å²) in [4.78, 5) is 30.9. The van der Waals surface area contributed by atoms with Gasteiger partial charge >= 0.3 is 5.97 Å². The maximum absolute atomic E-state index is 12.3. The lowest BCUT2D eigenvalue weighted by atomic mass is 10.2. The van der Waals surface area contributed by atoms with Crippen LogP contribution >= 0.6 is 11.3 Å². The first kappa shape index (κ1) is 18.2. The van der Waals surface area contributed by atoms with Crippen LogP contribution in [0.1, 0.15) is 33.6 Å². The van der Waals surface area contributed by atoms with Crippen LogP contribution in [0.4, 0.5) is 11.5 Å². The summed E-state index contributed by atoms with van der Waals surface area (Å²) in [5.41, 5.74) is 1.65. The van der Waals surface area contributed by atoms with Crippen molar-refractivity contribution in [1.29, 1.82) is 0 Å². The van der Waals surface area contributed by atoms with Crippen molar-refractivity contribution in [2.75, 3.05) is 23.3 Å². The number of ether oxygens (including phenoxy) is 1. The number of amides is 1. The predicted octanol–water partition coefficient (Wildman–Crippen LogP) is 4.21. The van der Waals surface area contributed by atoms with E-state index in [0.29, 0.717) is 22.6 Å². The Morgan fingerprint density at radius 3 is 2.43 bits per heavy atom. The molecule has 1 N–H and O–H groups in total. The Bertz CT molecular complexity index is 948. The van der Waals surface area contributed by atoms with Crippen LogP contribution in [-0.2, 0) is 0 Å². The number of nitrogens with one attached hydrogen (secondary N) is 1. The van der Waals surface area contributed by atoms with E-state index >= 15 is 0 Å². The molecule has 6 nitrogen and oxygen atoms in total. The summed E-state index contributed by atoms with van der Waals surface area (Å²) >= 11 is 1.47. The molecule has 4 rings (SSSR count). The van der Waals surface area contributed by atoms with Gasteiger partial charge in [-0.1, -0.05) is 0 Å². The number of carbonyl (C=O) groups excluding carboxylic acids is 2. The summed E-state index contributed by atoms with van der Waals surface area (Å²) in [6.07, 6.45) is 3.90. The van der Waals surface area contributed by atoms with Crippen molar-refractivity contribution in [3.8, 4) is 5.75 Å². The van der Waals surface area contributed by atoms with Gasteiger partial charge in [0.05, 0.1) is 11.1 Å². The van der Waals surface area contributed by atoms with Crippen LogP contribution in [0.25, 0.3) is 0 Å². The van der Waals surface area contributed by atoms with E-state index in [1.165, 1.54) is 24.2 Å². The Hall–Kier alpha value is -3.19. The molecule has 1 amide bonds. The van der Waals surface area contributed by atoms with E-state index in [1.54, 1.807) is 48.0 Å². The largest absolute Gasteiger partial charge is 0.423 e. The Labute approximate surface area is 166 Å². The quantitative estimate of drug-likeness (QED) is 0.519. The van der Waals surface area contributed by atoms with Crippen LogP contribution in [0.2, 0.25) is 0 Å². The third-order valence-electron chi connectivity index (χ3n) is 4.52. The van der Waals surface area contributed by atoms with Crippen molar-refractivity contribution in [3.63, 3.8) is 0 Å². The fraction of sp³-hybridized carbons (Fsp3) is 0.190. The van der Waals surface area contributed by atoms with Gasteiger partial charge in [0, 0.05) is 30.4 Å². The summed E-state index contributed by atoms with van der Waals surface area (Å²) in [5.74, 6) is 0.660. The highest BCUT2D eigenvalue weighted by Crippen LogP contribution is 2.20. The number of hydrogen-bond acceptors (Lipinski definition) is 6. The van der Waals surface area contributed by atoms with Gasteiger partial charge in [0.2, 0.25) is 0 Å². The highest BCUT2D eigenvalue weighted by atomic mass is 32.1. The van der Waals surface area contributed by atoms with E-state index in [0.717, 1.165) is 18.9 Å². The summed E-state index contributed by atoms with van der Waals surface area (Å²) in [5, 5.41) is 6.44. The van der Waals surface area contributed by atoms with E-state index in [9.17, 15) is 9.59 Å². The minimum atomic E-state index is -0.462. The molecule has 142 valence electrons.